The number of esters is 2. The van der Waals surface area contributed by atoms with Gasteiger partial charge in [0.2, 0.25) is 0 Å². The van der Waals surface area contributed by atoms with Gasteiger partial charge in [0.15, 0.2) is 0 Å². The van der Waals surface area contributed by atoms with Crippen LogP contribution in [0.2, 0.25) is 0 Å². The van der Waals surface area contributed by atoms with Crippen LogP contribution in [0.1, 0.15) is 37.7 Å². The Morgan fingerprint density at radius 3 is 2.44 bits per heavy atom. The van der Waals surface area contributed by atoms with Gasteiger partial charge in [0.05, 0.1) is 0 Å². The molecule has 0 aromatic heterocycles. The second-order valence-electron chi connectivity index (χ2n) is 7.89. The highest BCUT2D eigenvalue weighted by Gasteiger charge is 2.63. The van der Waals surface area contributed by atoms with Crippen molar-refractivity contribution in [3.8, 4) is 0 Å². The largest absolute Gasteiger partial charge is 0.460 e. The Morgan fingerprint density at radius 2 is 1.80 bits per heavy atom. The van der Waals surface area contributed by atoms with Crippen molar-refractivity contribution in [3.05, 3.63) is 48.6 Å². The lowest BCUT2D eigenvalue weighted by atomic mass is 9.48. The molecule has 4 nitrogen and oxygen atoms in total. The van der Waals surface area contributed by atoms with E-state index in [0.29, 0.717) is 11.8 Å². The topological polar surface area (TPSA) is 52.6 Å². The van der Waals surface area contributed by atoms with Crippen molar-refractivity contribution < 1.29 is 19.1 Å². The van der Waals surface area contributed by atoms with E-state index in [-0.39, 0.29) is 24.6 Å². The summed E-state index contributed by atoms with van der Waals surface area (Å²) in [4.78, 5) is 25.0. The Balaban J connectivity index is 1.55. The molecule has 3 unspecified atom stereocenters. The first-order chi connectivity index (χ1) is 12.1. The molecular weight excluding hydrogens is 316 g/mol. The van der Waals surface area contributed by atoms with Gasteiger partial charge in [-0.3, -0.25) is 4.79 Å². The molecule has 0 radical (unpaired) electrons. The SMILES string of the molecule is C=CC(=O)OC1C2CC3CC(C2)CC1(C(=O)OCc1ccccc1)C3. The minimum absolute atomic E-state index is 0.197. The van der Waals surface area contributed by atoms with Gasteiger partial charge in [-0.2, -0.15) is 0 Å². The van der Waals surface area contributed by atoms with Crippen molar-refractivity contribution in [2.45, 2.75) is 44.8 Å². The average Bonchev–Trinajstić information content (AvgIpc) is 2.62. The lowest BCUT2D eigenvalue weighted by Crippen LogP contribution is -2.61. The molecular formula is C21H24O4. The van der Waals surface area contributed by atoms with E-state index in [4.69, 9.17) is 9.47 Å². The average molecular weight is 340 g/mol. The number of hydrogen-bond donors (Lipinski definition) is 0. The Bertz CT molecular complexity index is 666. The molecule has 3 atom stereocenters. The molecule has 0 amide bonds. The van der Waals surface area contributed by atoms with Gasteiger partial charge < -0.3 is 9.47 Å². The molecule has 0 spiro atoms. The van der Waals surface area contributed by atoms with Crippen molar-refractivity contribution >= 4 is 11.9 Å². The summed E-state index contributed by atoms with van der Waals surface area (Å²) in [5.41, 5.74) is 0.308. The van der Waals surface area contributed by atoms with Gasteiger partial charge in [0, 0.05) is 6.08 Å². The zero-order valence-electron chi connectivity index (χ0n) is 14.4. The minimum Gasteiger partial charge on any atom is -0.460 e. The molecule has 4 bridgehead atoms. The van der Waals surface area contributed by atoms with Crippen LogP contribution >= 0.6 is 0 Å². The normalized spacial score (nSPS) is 35.2. The van der Waals surface area contributed by atoms with Gasteiger partial charge in [-0.1, -0.05) is 36.9 Å². The third-order valence-corrected chi connectivity index (χ3v) is 6.25. The molecule has 4 saturated carbocycles. The molecule has 0 saturated heterocycles. The summed E-state index contributed by atoms with van der Waals surface area (Å²) in [6.45, 7) is 3.76. The Hall–Kier alpha value is -2.10. The predicted octanol–water partition coefficient (Wildman–Crippen LogP) is 3.65. The van der Waals surface area contributed by atoms with E-state index < -0.39 is 11.4 Å². The van der Waals surface area contributed by atoms with E-state index in [2.05, 4.69) is 6.58 Å². The van der Waals surface area contributed by atoms with E-state index in [1.165, 1.54) is 12.5 Å². The zero-order chi connectivity index (χ0) is 17.4. The summed E-state index contributed by atoms with van der Waals surface area (Å²) in [5.74, 6) is 0.755. The van der Waals surface area contributed by atoms with E-state index in [1.54, 1.807) is 0 Å². The molecule has 132 valence electrons. The van der Waals surface area contributed by atoms with E-state index in [0.717, 1.165) is 31.2 Å². The maximum atomic E-state index is 13.1. The monoisotopic (exact) mass is 340 g/mol. The number of rotatable bonds is 5. The van der Waals surface area contributed by atoms with Crippen LogP contribution in [-0.2, 0) is 25.7 Å². The summed E-state index contributed by atoms with van der Waals surface area (Å²) in [5, 5.41) is 0. The molecule has 4 heteroatoms. The van der Waals surface area contributed by atoms with Gasteiger partial charge in [-0.05, 0) is 55.4 Å². The highest BCUT2D eigenvalue weighted by molar-refractivity contribution is 5.83. The molecule has 0 aliphatic heterocycles. The zero-order valence-corrected chi connectivity index (χ0v) is 14.4. The Morgan fingerprint density at radius 1 is 1.12 bits per heavy atom. The van der Waals surface area contributed by atoms with Gasteiger partial charge in [0.25, 0.3) is 0 Å². The fourth-order valence-corrected chi connectivity index (χ4v) is 5.53. The summed E-state index contributed by atoms with van der Waals surface area (Å²) >= 11 is 0. The Kier molecular flexibility index (Phi) is 4.14. The first-order valence-electron chi connectivity index (χ1n) is 9.15. The van der Waals surface area contributed by atoms with Gasteiger partial charge in [-0.25, -0.2) is 4.79 Å². The lowest BCUT2D eigenvalue weighted by molar-refractivity contribution is -0.208. The Labute approximate surface area is 148 Å². The molecule has 4 aliphatic carbocycles. The predicted molar refractivity (Wildman–Crippen MR) is 92.3 cm³/mol. The lowest BCUT2D eigenvalue weighted by Gasteiger charge is -2.58. The van der Waals surface area contributed by atoms with Crippen LogP contribution in [0, 0.1) is 23.2 Å². The van der Waals surface area contributed by atoms with Crippen LogP contribution in [0.25, 0.3) is 0 Å². The van der Waals surface area contributed by atoms with Crippen molar-refractivity contribution in [1.82, 2.24) is 0 Å². The van der Waals surface area contributed by atoms with E-state index >= 15 is 0 Å². The van der Waals surface area contributed by atoms with Crippen molar-refractivity contribution in [1.29, 1.82) is 0 Å². The second-order valence-corrected chi connectivity index (χ2v) is 7.89. The minimum atomic E-state index is -0.664. The fourth-order valence-electron chi connectivity index (χ4n) is 5.53. The molecule has 0 N–H and O–H groups in total. The van der Waals surface area contributed by atoms with Gasteiger partial charge >= 0.3 is 11.9 Å². The molecule has 0 heterocycles. The highest BCUT2D eigenvalue weighted by atomic mass is 16.6. The maximum Gasteiger partial charge on any atom is 0.330 e. The summed E-state index contributed by atoms with van der Waals surface area (Å²) in [7, 11) is 0. The van der Waals surface area contributed by atoms with Crippen molar-refractivity contribution in [3.63, 3.8) is 0 Å². The third-order valence-electron chi connectivity index (χ3n) is 6.25. The molecule has 1 aromatic rings. The molecule has 4 aliphatic rings. The third kappa shape index (κ3) is 2.88. The number of benzene rings is 1. The summed E-state index contributed by atoms with van der Waals surface area (Å²) in [6, 6.07) is 9.70. The van der Waals surface area contributed by atoms with E-state index in [9.17, 15) is 9.59 Å². The molecule has 1 aromatic carbocycles. The number of carbonyl (C=O) groups is 2. The number of hydrogen-bond acceptors (Lipinski definition) is 4. The van der Waals surface area contributed by atoms with Crippen LogP contribution in [-0.4, -0.2) is 18.0 Å². The molecule has 25 heavy (non-hydrogen) atoms. The molecule has 4 fully saturated rings. The van der Waals surface area contributed by atoms with Gasteiger partial charge in [-0.15, -0.1) is 0 Å². The summed E-state index contributed by atoms with van der Waals surface area (Å²) in [6.07, 6.45) is 5.69. The quantitative estimate of drug-likeness (QED) is 0.606. The van der Waals surface area contributed by atoms with Crippen LogP contribution in [0.15, 0.2) is 43.0 Å². The first kappa shape index (κ1) is 16.4. The maximum absolute atomic E-state index is 13.1. The smallest absolute Gasteiger partial charge is 0.330 e. The van der Waals surface area contributed by atoms with Crippen LogP contribution in [0.5, 0.6) is 0 Å². The highest BCUT2D eigenvalue weighted by Crippen LogP contribution is 2.61. The van der Waals surface area contributed by atoms with Crippen LogP contribution < -0.4 is 0 Å². The fraction of sp³-hybridized carbons (Fsp3) is 0.524. The van der Waals surface area contributed by atoms with Crippen LogP contribution in [0.3, 0.4) is 0 Å². The van der Waals surface area contributed by atoms with Crippen molar-refractivity contribution in [2.75, 3.05) is 0 Å². The first-order valence-corrected chi connectivity index (χ1v) is 9.15. The number of ether oxygens (including phenoxy) is 2. The van der Waals surface area contributed by atoms with E-state index in [1.807, 2.05) is 30.3 Å². The van der Waals surface area contributed by atoms with Crippen LogP contribution in [0.4, 0.5) is 0 Å². The summed E-state index contributed by atoms with van der Waals surface area (Å²) < 4.78 is 11.4. The second kappa shape index (κ2) is 6.32. The van der Waals surface area contributed by atoms with Gasteiger partial charge in [0.1, 0.15) is 18.1 Å². The van der Waals surface area contributed by atoms with Crippen molar-refractivity contribution in [2.24, 2.45) is 23.2 Å². The standard InChI is InChI=1S/C21H24O4/c1-2-18(22)25-19-17-9-15-8-16(10-17)12-21(19,11-15)20(23)24-13-14-6-4-3-5-7-14/h2-7,15-17,19H,1,8-13H2. The molecule has 5 rings (SSSR count). The number of carbonyl (C=O) groups excluding carboxylic acids is 2.